The monoisotopic (exact) mass is 395 g/mol. The van der Waals surface area contributed by atoms with E-state index in [9.17, 15) is 0 Å². The molecule has 29 heavy (non-hydrogen) atoms. The fourth-order valence-electron chi connectivity index (χ4n) is 4.94. The molecular formula is C22H29N5O2. The van der Waals surface area contributed by atoms with Crippen LogP contribution in [-0.4, -0.2) is 39.6 Å². The van der Waals surface area contributed by atoms with Crippen molar-refractivity contribution in [1.82, 2.24) is 20.2 Å². The molecule has 4 heterocycles. The van der Waals surface area contributed by atoms with Gasteiger partial charge in [0.1, 0.15) is 5.60 Å². The van der Waals surface area contributed by atoms with Crippen molar-refractivity contribution < 1.29 is 9.57 Å². The molecule has 2 aromatic rings. The van der Waals surface area contributed by atoms with E-state index in [0.717, 1.165) is 79.3 Å². The minimum Gasteiger partial charge on any atom is -0.381 e. The van der Waals surface area contributed by atoms with Crippen LogP contribution in [0.15, 0.2) is 18.5 Å². The minimum atomic E-state index is -0.142. The number of ether oxygens (including phenoxy) is 1. The first-order valence-corrected chi connectivity index (χ1v) is 11.2. The average Bonchev–Trinajstić information content (AvgIpc) is 3.13. The first-order valence-electron chi connectivity index (χ1n) is 11.2. The van der Waals surface area contributed by atoms with Gasteiger partial charge in [-0.25, -0.2) is 9.67 Å². The molecule has 0 unspecified atom stereocenters. The molecule has 7 nitrogen and oxygen atoms in total. The summed E-state index contributed by atoms with van der Waals surface area (Å²) in [6.45, 7) is 2.60. The lowest BCUT2D eigenvalue weighted by Crippen LogP contribution is -2.28. The number of hydrogen-bond donors (Lipinski definition) is 2. The van der Waals surface area contributed by atoms with Gasteiger partial charge in [-0.2, -0.15) is 5.10 Å². The first-order chi connectivity index (χ1) is 14.3. The van der Waals surface area contributed by atoms with Crippen LogP contribution >= 0.6 is 0 Å². The molecule has 1 saturated heterocycles. The highest BCUT2D eigenvalue weighted by atomic mass is 16.7. The normalized spacial score (nSPS) is 24.2. The maximum Gasteiger partial charge on any atom is 0.159 e. The van der Waals surface area contributed by atoms with Gasteiger partial charge in [-0.1, -0.05) is 12.8 Å². The summed E-state index contributed by atoms with van der Waals surface area (Å²) in [5, 5.41) is 9.61. The van der Waals surface area contributed by atoms with Crippen molar-refractivity contribution in [3.63, 3.8) is 0 Å². The zero-order chi connectivity index (χ0) is 19.3. The maximum absolute atomic E-state index is 6.05. The van der Waals surface area contributed by atoms with Crippen LogP contribution in [0, 0.1) is 5.92 Å². The fourth-order valence-corrected chi connectivity index (χ4v) is 4.94. The largest absolute Gasteiger partial charge is 0.381 e. The molecule has 2 N–H and O–H groups in total. The van der Waals surface area contributed by atoms with E-state index in [-0.39, 0.29) is 5.60 Å². The van der Waals surface area contributed by atoms with Gasteiger partial charge in [0, 0.05) is 37.6 Å². The van der Waals surface area contributed by atoms with E-state index in [1.54, 1.807) is 0 Å². The molecule has 1 spiro atoms. The Balaban J connectivity index is 1.40. The molecule has 0 amide bonds. The Bertz CT molecular complexity index is 936. The van der Waals surface area contributed by atoms with E-state index in [1.165, 1.54) is 25.7 Å². The molecule has 0 aromatic carbocycles. The lowest BCUT2D eigenvalue weighted by Gasteiger charge is -2.25. The Morgan fingerprint density at radius 3 is 2.76 bits per heavy atom. The van der Waals surface area contributed by atoms with E-state index in [2.05, 4.69) is 26.7 Å². The van der Waals surface area contributed by atoms with Crippen LogP contribution < -0.4 is 10.8 Å². The smallest absolute Gasteiger partial charge is 0.159 e. The lowest BCUT2D eigenvalue weighted by atomic mass is 9.99. The molecule has 3 fully saturated rings. The quantitative estimate of drug-likeness (QED) is 0.806. The summed E-state index contributed by atoms with van der Waals surface area (Å²) >= 11 is 0. The minimum absolute atomic E-state index is 0.142. The van der Waals surface area contributed by atoms with Crippen molar-refractivity contribution in [1.29, 1.82) is 0 Å². The van der Waals surface area contributed by atoms with Gasteiger partial charge < -0.3 is 10.1 Å². The van der Waals surface area contributed by atoms with E-state index >= 15 is 0 Å². The van der Waals surface area contributed by atoms with Crippen LogP contribution in [0.4, 0.5) is 5.69 Å². The Kier molecular flexibility index (Phi) is 4.27. The van der Waals surface area contributed by atoms with Gasteiger partial charge in [0.15, 0.2) is 5.65 Å². The van der Waals surface area contributed by atoms with Gasteiger partial charge in [-0.05, 0) is 50.5 Å². The summed E-state index contributed by atoms with van der Waals surface area (Å²) in [7, 11) is 0. The molecule has 0 atom stereocenters. The van der Waals surface area contributed by atoms with E-state index in [0.29, 0.717) is 6.04 Å². The highest BCUT2D eigenvalue weighted by Crippen LogP contribution is 2.42. The Hall–Kier alpha value is -2.12. The van der Waals surface area contributed by atoms with Crippen molar-refractivity contribution in [3.05, 3.63) is 24.0 Å². The summed E-state index contributed by atoms with van der Waals surface area (Å²) in [4.78, 5) is 10.9. The molecule has 154 valence electrons. The average molecular weight is 396 g/mol. The number of aromatic nitrogens is 3. The van der Waals surface area contributed by atoms with Gasteiger partial charge in [-0.15, -0.1) is 0 Å². The Morgan fingerprint density at radius 2 is 1.97 bits per heavy atom. The maximum atomic E-state index is 6.05. The molecule has 0 radical (unpaired) electrons. The number of fused-ring (bicyclic) bond motifs is 1. The van der Waals surface area contributed by atoms with Crippen LogP contribution in [0.25, 0.3) is 16.7 Å². The van der Waals surface area contributed by atoms with Gasteiger partial charge in [-0.3, -0.25) is 10.3 Å². The number of pyridine rings is 1. The fraction of sp³-hybridized carbons (Fsp3) is 0.636. The van der Waals surface area contributed by atoms with Crippen molar-refractivity contribution in [2.45, 2.75) is 69.6 Å². The molecule has 2 aliphatic carbocycles. The number of rotatable bonds is 5. The third-order valence-electron chi connectivity index (χ3n) is 6.88. The number of nitrogens with one attached hydrogen (secondary N) is 2. The summed E-state index contributed by atoms with van der Waals surface area (Å²) in [6, 6.07) is 0.406. The molecule has 2 aromatic heterocycles. The van der Waals surface area contributed by atoms with Crippen molar-refractivity contribution in [2.24, 2.45) is 5.92 Å². The molecular weight excluding hydrogens is 366 g/mol. The van der Waals surface area contributed by atoms with Gasteiger partial charge in [0.2, 0.25) is 0 Å². The SMILES string of the molecule is C1=C(c2cnc3c(cnn3CC3CC3)c2NC2CCOCC2)NOC12CCCC2. The van der Waals surface area contributed by atoms with E-state index < -0.39 is 0 Å². The second kappa shape index (κ2) is 6.99. The van der Waals surface area contributed by atoms with Gasteiger partial charge in [0.05, 0.1) is 23.0 Å². The molecule has 7 heteroatoms. The predicted molar refractivity (Wildman–Crippen MR) is 111 cm³/mol. The van der Waals surface area contributed by atoms with Crippen LogP contribution in [0.3, 0.4) is 0 Å². The molecule has 2 aliphatic heterocycles. The summed E-state index contributed by atoms with van der Waals surface area (Å²) in [5.74, 6) is 0.765. The van der Waals surface area contributed by atoms with Crippen LogP contribution in [-0.2, 0) is 16.1 Å². The van der Waals surface area contributed by atoms with E-state index in [1.807, 2.05) is 12.4 Å². The summed E-state index contributed by atoms with van der Waals surface area (Å²) in [6.07, 6.45) is 15.5. The zero-order valence-electron chi connectivity index (χ0n) is 16.8. The lowest BCUT2D eigenvalue weighted by molar-refractivity contribution is -0.0289. The molecule has 0 bridgehead atoms. The Labute approximate surface area is 170 Å². The number of hydroxylamine groups is 1. The topological polar surface area (TPSA) is 73.2 Å². The second-order valence-electron chi connectivity index (χ2n) is 9.12. The standard InChI is InChI=1S/C22H29N5O2/c1-2-8-22(7-1)11-19(26-29-22)17-12-23-21-18(13-24-27(21)14-15-3-4-15)20(17)25-16-5-9-28-10-6-16/h11-13,15-16,26H,1-10,14H2,(H,23,25). The van der Waals surface area contributed by atoms with Crippen molar-refractivity contribution >= 4 is 22.4 Å². The second-order valence-corrected chi connectivity index (χ2v) is 9.12. The molecule has 4 aliphatic rings. The third kappa shape index (κ3) is 3.30. The number of anilines is 1. The van der Waals surface area contributed by atoms with Crippen molar-refractivity contribution in [2.75, 3.05) is 18.5 Å². The van der Waals surface area contributed by atoms with Crippen molar-refractivity contribution in [3.8, 4) is 0 Å². The van der Waals surface area contributed by atoms with Gasteiger partial charge >= 0.3 is 0 Å². The molecule has 2 saturated carbocycles. The summed E-state index contributed by atoms with van der Waals surface area (Å²) < 4.78 is 7.64. The number of nitrogens with zero attached hydrogens (tertiary/aromatic N) is 3. The zero-order valence-corrected chi connectivity index (χ0v) is 16.8. The highest BCUT2D eigenvalue weighted by Gasteiger charge is 2.39. The third-order valence-corrected chi connectivity index (χ3v) is 6.88. The van der Waals surface area contributed by atoms with Crippen LogP contribution in [0.2, 0.25) is 0 Å². The van der Waals surface area contributed by atoms with Crippen LogP contribution in [0.5, 0.6) is 0 Å². The first kappa shape index (κ1) is 17.7. The van der Waals surface area contributed by atoms with E-state index in [4.69, 9.17) is 14.6 Å². The summed E-state index contributed by atoms with van der Waals surface area (Å²) in [5.41, 5.74) is 7.30. The Morgan fingerprint density at radius 1 is 1.14 bits per heavy atom. The molecule has 6 rings (SSSR count). The van der Waals surface area contributed by atoms with Gasteiger partial charge in [0.25, 0.3) is 0 Å². The highest BCUT2D eigenvalue weighted by molar-refractivity contribution is 5.95. The van der Waals surface area contributed by atoms with Crippen LogP contribution in [0.1, 0.15) is 56.9 Å². The predicted octanol–water partition coefficient (Wildman–Crippen LogP) is 3.62. The number of hydrogen-bond acceptors (Lipinski definition) is 6.